The molecule has 11 rings (SSSR count). The summed E-state index contributed by atoms with van der Waals surface area (Å²) >= 11 is 0. The van der Waals surface area contributed by atoms with Crippen molar-refractivity contribution in [2.24, 2.45) is 0 Å². The zero-order valence-electron chi connectivity index (χ0n) is 37.8. The van der Waals surface area contributed by atoms with E-state index in [0.717, 1.165) is 61.6 Å². The standard InChI is InChI=1S/C58H53BN2O2/c1-56(2,3)40-22-25-43(26-23-40)60-47-28-24-41(57(4,5)6)33-46(47)59-45-27-21-39(54-32-38-16-11-13-20-52(38)63-54)30-48(45)61(50-35-42(58(7,8)9)34-49(60)55(50)59)44-18-14-17-36(29-44)53-31-37-15-10-12-19-51(37)62-53/h10-35H,1-9H3. The number of nitrogens with zero attached hydrogens (tertiary/aromatic N) is 2. The number of hydrogen-bond donors (Lipinski definition) is 0. The highest BCUT2D eigenvalue weighted by molar-refractivity contribution is 7.00. The molecule has 0 saturated heterocycles. The van der Waals surface area contributed by atoms with Crippen LogP contribution in [-0.4, -0.2) is 6.71 Å². The molecule has 4 heterocycles. The zero-order chi connectivity index (χ0) is 43.6. The number of rotatable bonds is 4. The molecule has 310 valence electrons. The number of para-hydroxylation sites is 2. The SMILES string of the molecule is CC(C)(C)c1ccc(N2c3ccc(C(C)(C)C)cc3B3c4ccc(-c5cc6ccccc6o5)cc4N(c4cccc(-c5cc6ccccc6o5)c4)c4cc(C(C)(C)C)cc2c43)cc1. The lowest BCUT2D eigenvalue weighted by Gasteiger charge is -2.45. The van der Waals surface area contributed by atoms with Gasteiger partial charge in [-0.1, -0.05) is 147 Å². The van der Waals surface area contributed by atoms with Crippen LogP contribution in [0.4, 0.5) is 34.1 Å². The van der Waals surface area contributed by atoms with E-state index < -0.39 is 0 Å². The molecule has 0 atom stereocenters. The molecule has 0 saturated carbocycles. The van der Waals surface area contributed by atoms with Crippen molar-refractivity contribution in [2.45, 2.75) is 78.6 Å². The summed E-state index contributed by atoms with van der Waals surface area (Å²) < 4.78 is 13.1. The Morgan fingerprint density at radius 1 is 0.381 bits per heavy atom. The largest absolute Gasteiger partial charge is 0.456 e. The third kappa shape index (κ3) is 6.51. The highest BCUT2D eigenvalue weighted by Crippen LogP contribution is 2.48. The topological polar surface area (TPSA) is 32.8 Å². The van der Waals surface area contributed by atoms with E-state index in [4.69, 9.17) is 8.83 Å². The van der Waals surface area contributed by atoms with E-state index in [1.165, 1.54) is 50.1 Å². The van der Waals surface area contributed by atoms with Crippen molar-refractivity contribution in [2.75, 3.05) is 9.80 Å². The summed E-state index contributed by atoms with van der Waals surface area (Å²) in [5, 5.41) is 2.19. The van der Waals surface area contributed by atoms with Gasteiger partial charge in [-0.15, -0.1) is 0 Å². The monoisotopic (exact) mass is 820 g/mol. The third-order valence-corrected chi connectivity index (χ3v) is 13.3. The Bertz CT molecular complexity index is 3190. The Morgan fingerprint density at radius 3 is 1.52 bits per heavy atom. The summed E-state index contributed by atoms with van der Waals surface area (Å²) in [7, 11) is 0. The van der Waals surface area contributed by atoms with Crippen LogP contribution in [0.5, 0.6) is 0 Å². The average Bonchev–Trinajstić information content (AvgIpc) is 3.90. The highest BCUT2D eigenvalue weighted by atomic mass is 16.3. The number of fused-ring (bicyclic) bond motifs is 6. The first-order valence-corrected chi connectivity index (χ1v) is 22.4. The molecule has 0 unspecified atom stereocenters. The second kappa shape index (κ2) is 13.9. The van der Waals surface area contributed by atoms with Gasteiger partial charge in [0.05, 0.1) is 0 Å². The molecular weight excluding hydrogens is 767 g/mol. The van der Waals surface area contributed by atoms with Crippen LogP contribution in [0.2, 0.25) is 0 Å². The fourth-order valence-electron chi connectivity index (χ4n) is 9.76. The van der Waals surface area contributed by atoms with Gasteiger partial charge in [-0.2, -0.15) is 0 Å². The van der Waals surface area contributed by atoms with Crippen LogP contribution in [0, 0.1) is 0 Å². The fraction of sp³-hybridized carbons (Fsp3) is 0.207. The summed E-state index contributed by atoms with van der Waals surface area (Å²) in [5.74, 6) is 1.71. The van der Waals surface area contributed by atoms with Crippen LogP contribution in [0.3, 0.4) is 0 Å². The van der Waals surface area contributed by atoms with Crippen LogP contribution >= 0.6 is 0 Å². The van der Waals surface area contributed by atoms with Gasteiger partial charge in [0.15, 0.2) is 0 Å². The lowest BCUT2D eigenvalue weighted by atomic mass is 9.33. The maximum Gasteiger partial charge on any atom is 0.252 e. The van der Waals surface area contributed by atoms with Crippen LogP contribution in [0.1, 0.15) is 79.0 Å². The Hall–Kier alpha value is -6.72. The quantitative estimate of drug-likeness (QED) is 0.166. The van der Waals surface area contributed by atoms with E-state index in [2.05, 4.69) is 206 Å². The molecule has 63 heavy (non-hydrogen) atoms. The first-order chi connectivity index (χ1) is 30.1. The first kappa shape index (κ1) is 39.2. The van der Waals surface area contributed by atoms with Crippen molar-refractivity contribution < 1.29 is 8.83 Å². The number of anilines is 6. The molecule has 0 spiro atoms. The summed E-state index contributed by atoms with van der Waals surface area (Å²) in [4.78, 5) is 5.05. The average molecular weight is 821 g/mol. The van der Waals surface area contributed by atoms with Gasteiger partial charge in [-0.25, -0.2) is 0 Å². The van der Waals surface area contributed by atoms with Gasteiger partial charge in [0.25, 0.3) is 6.71 Å². The van der Waals surface area contributed by atoms with E-state index in [9.17, 15) is 0 Å². The van der Waals surface area contributed by atoms with Crippen molar-refractivity contribution in [1.29, 1.82) is 0 Å². The number of benzene rings is 7. The van der Waals surface area contributed by atoms with Crippen LogP contribution in [-0.2, 0) is 16.2 Å². The molecule has 0 radical (unpaired) electrons. The molecule has 0 aliphatic carbocycles. The lowest BCUT2D eigenvalue weighted by Crippen LogP contribution is -2.61. The molecular formula is C58H53BN2O2. The smallest absolute Gasteiger partial charge is 0.252 e. The molecule has 5 heteroatoms. The second-order valence-electron chi connectivity index (χ2n) is 20.7. The van der Waals surface area contributed by atoms with Crippen molar-refractivity contribution >= 4 is 79.2 Å². The Morgan fingerprint density at radius 2 is 0.937 bits per heavy atom. The minimum atomic E-state index is -0.142. The molecule has 2 aromatic heterocycles. The number of furan rings is 2. The number of hydrogen-bond acceptors (Lipinski definition) is 4. The third-order valence-electron chi connectivity index (χ3n) is 13.3. The van der Waals surface area contributed by atoms with Crippen LogP contribution in [0.15, 0.2) is 167 Å². The van der Waals surface area contributed by atoms with Gasteiger partial charge in [-0.3, -0.25) is 0 Å². The maximum atomic E-state index is 6.57. The molecule has 7 aromatic carbocycles. The minimum absolute atomic E-state index is 0.0269. The van der Waals surface area contributed by atoms with E-state index in [-0.39, 0.29) is 23.0 Å². The van der Waals surface area contributed by atoms with Gasteiger partial charge < -0.3 is 18.6 Å². The van der Waals surface area contributed by atoms with Gasteiger partial charge in [0, 0.05) is 56.0 Å². The molecule has 2 aliphatic heterocycles. The fourth-order valence-corrected chi connectivity index (χ4v) is 9.76. The molecule has 9 aromatic rings. The van der Waals surface area contributed by atoms with Gasteiger partial charge >= 0.3 is 0 Å². The summed E-state index contributed by atoms with van der Waals surface area (Å²) in [6.07, 6.45) is 0. The zero-order valence-corrected chi connectivity index (χ0v) is 37.8. The summed E-state index contributed by atoms with van der Waals surface area (Å²) in [6, 6.07) is 58.2. The van der Waals surface area contributed by atoms with Gasteiger partial charge in [0.2, 0.25) is 0 Å². The van der Waals surface area contributed by atoms with Crippen molar-refractivity contribution in [3.8, 4) is 22.6 Å². The van der Waals surface area contributed by atoms with Gasteiger partial charge in [0.1, 0.15) is 22.7 Å². The first-order valence-electron chi connectivity index (χ1n) is 22.4. The van der Waals surface area contributed by atoms with Crippen molar-refractivity contribution in [3.05, 3.63) is 174 Å². The predicted molar refractivity (Wildman–Crippen MR) is 267 cm³/mol. The maximum absolute atomic E-state index is 6.57. The molecule has 0 bridgehead atoms. The summed E-state index contributed by atoms with van der Waals surface area (Å²) in [5.41, 5.74) is 18.5. The Kier molecular flexibility index (Phi) is 8.64. The van der Waals surface area contributed by atoms with Gasteiger partial charge in [-0.05, 0) is 122 Å². The van der Waals surface area contributed by atoms with Crippen LogP contribution in [0.25, 0.3) is 44.6 Å². The van der Waals surface area contributed by atoms with E-state index in [1.807, 2.05) is 24.3 Å². The molecule has 0 amide bonds. The molecule has 0 fully saturated rings. The van der Waals surface area contributed by atoms with Crippen LogP contribution < -0.4 is 26.2 Å². The Labute approximate surface area is 371 Å². The molecule has 4 nitrogen and oxygen atoms in total. The minimum Gasteiger partial charge on any atom is -0.456 e. The Balaban J connectivity index is 1.22. The van der Waals surface area contributed by atoms with Crippen molar-refractivity contribution in [1.82, 2.24) is 0 Å². The molecule has 2 aliphatic rings. The van der Waals surface area contributed by atoms with E-state index >= 15 is 0 Å². The lowest BCUT2D eigenvalue weighted by molar-refractivity contribution is 0.589. The van der Waals surface area contributed by atoms with E-state index in [1.54, 1.807) is 0 Å². The molecule has 0 N–H and O–H groups in total. The highest BCUT2D eigenvalue weighted by Gasteiger charge is 2.45. The van der Waals surface area contributed by atoms with Crippen molar-refractivity contribution in [3.63, 3.8) is 0 Å². The van der Waals surface area contributed by atoms with E-state index in [0.29, 0.717) is 0 Å². The second-order valence-corrected chi connectivity index (χ2v) is 20.7. The normalized spacial score (nSPS) is 13.7. The summed E-state index contributed by atoms with van der Waals surface area (Å²) in [6.45, 7) is 20.8. The predicted octanol–water partition coefficient (Wildman–Crippen LogP) is 14.5.